The van der Waals surface area contributed by atoms with Gasteiger partial charge in [0.05, 0.1) is 45.0 Å². The molecule has 0 aromatic heterocycles. The summed E-state index contributed by atoms with van der Waals surface area (Å²) in [7, 11) is 0. The van der Waals surface area contributed by atoms with Crippen molar-refractivity contribution in [1.82, 2.24) is 0 Å². The summed E-state index contributed by atoms with van der Waals surface area (Å²) in [5, 5.41) is 13.8. The molecule has 0 atom stereocenters. The number of hydrogen-bond acceptors (Lipinski definition) is 6. The summed E-state index contributed by atoms with van der Waals surface area (Å²) < 4.78 is 0. The molecule has 48 heavy (non-hydrogen) atoms. The van der Waals surface area contributed by atoms with Gasteiger partial charge in [-0.25, -0.2) is 0 Å². The molecule has 0 bridgehead atoms. The quantitative estimate of drug-likeness (QED) is 0.134. The Morgan fingerprint density at radius 1 is 0.292 bits per heavy atom. The first-order valence-electron chi connectivity index (χ1n) is 16.0. The third-order valence-electron chi connectivity index (χ3n) is 8.64. The molecule has 0 unspecified atom stereocenters. The molecule has 0 saturated heterocycles. The van der Waals surface area contributed by atoms with Crippen molar-refractivity contribution in [2.24, 2.45) is 0 Å². The van der Waals surface area contributed by atoms with Crippen molar-refractivity contribution < 1.29 is 9.59 Å². The fraction of sp³-hybridized carbons (Fsp3) is 0.0952. The number of fused-ring (bicyclic) bond motifs is 2. The van der Waals surface area contributed by atoms with E-state index in [-0.39, 0.29) is 11.6 Å². The molecule has 1 aliphatic carbocycles. The zero-order valence-corrected chi connectivity index (χ0v) is 27.4. The number of ketones is 2. The lowest BCUT2D eigenvalue weighted by atomic mass is 9.80. The molecule has 0 aliphatic heterocycles. The Hall–Kier alpha value is -6.14. The molecule has 0 fully saturated rings. The van der Waals surface area contributed by atoms with Gasteiger partial charge in [0.1, 0.15) is 0 Å². The summed E-state index contributed by atoms with van der Waals surface area (Å²) in [6.07, 6.45) is 0. The van der Waals surface area contributed by atoms with Crippen molar-refractivity contribution in [2.75, 3.05) is 21.3 Å². The van der Waals surface area contributed by atoms with Gasteiger partial charge in [0, 0.05) is 22.7 Å². The zero-order valence-electron chi connectivity index (χ0n) is 27.4. The number of benzene rings is 6. The number of carbonyl (C=O) groups excluding carboxylic acids is 2. The topological polar surface area (TPSA) is 82.3 Å². The molecular formula is C42H36N4O2. The smallest absolute Gasteiger partial charge is 0.198 e. The SMILES string of the molecule is Cc1ccc(Nc2ccc(Nc3ccc(C)cc3)c3c2C(=O)c2c(Nc4ccc(C)cc4)ccc(Nc4ccc(C)cc4)c2C3=O)cc1. The first kappa shape index (κ1) is 30.5. The number of carbonyl (C=O) groups is 2. The zero-order chi connectivity index (χ0) is 33.4. The van der Waals surface area contributed by atoms with E-state index in [2.05, 4.69) is 21.3 Å². The minimum Gasteiger partial charge on any atom is -0.355 e. The Balaban J connectivity index is 1.42. The summed E-state index contributed by atoms with van der Waals surface area (Å²) in [5.41, 5.74) is 11.3. The standard InChI is InChI=1S/C42H36N4O2/c1-25-5-13-29(14-6-25)43-33-21-22-34(44-30-15-7-26(2)8-16-30)38-37(33)41(47)39-35(45-31-17-9-27(3)10-18-31)23-24-36(40(39)42(38)48)46-32-19-11-28(4)12-20-32/h5-24,43-46H,1-4H3. The number of nitrogens with one attached hydrogen (secondary N) is 4. The predicted molar refractivity (Wildman–Crippen MR) is 198 cm³/mol. The molecule has 4 N–H and O–H groups in total. The molecule has 0 amide bonds. The molecular weight excluding hydrogens is 592 g/mol. The first-order valence-corrected chi connectivity index (χ1v) is 16.0. The van der Waals surface area contributed by atoms with Crippen LogP contribution in [-0.4, -0.2) is 11.6 Å². The fourth-order valence-corrected chi connectivity index (χ4v) is 5.98. The Kier molecular flexibility index (Phi) is 7.99. The highest BCUT2D eigenvalue weighted by molar-refractivity contribution is 6.35. The van der Waals surface area contributed by atoms with Gasteiger partial charge in [0.25, 0.3) is 0 Å². The van der Waals surface area contributed by atoms with E-state index in [0.29, 0.717) is 45.0 Å². The Morgan fingerprint density at radius 3 is 0.667 bits per heavy atom. The van der Waals surface area contributed by atoms with E-state index in [1.807, 2.05) is 149 Å². The molecule has 0 spiro atoms. The molecule has 0 heterocycles. The molecule has 6 aromatic rings. The van der Waals surface area contributed by atoms with Crippen LogP contribution in [0.25, 0.3) is 0 Å². The van der Waals surface area contributed by atoms with E-state index in [4.69, 9.17) is 0 Å². The lowest BCUT2D eigenvalue weighted by Gasteiger charge is -2.27. The molecule has 7 rings (SSSR count). The second kappa shape index (κ2) is 12.6. The fourth-order valence-electron chi connectivity index (χ4n) is 5.98. The van der Waals surface area contributed by atoms with Crippen LogP contribution in [0.1, 0.15) is 54.1 Å². The highest BCUT2D eigenvalue weighted by atomic mass is 16.1. The molecule has 6 nitrogen and oxygen atoms in total. The van der Waals surface area contributed by atoms with Crippen molar-refractivity contribution in [3.05, 3.63) is 166 Å². The third-order valence-corrected chi connectivity index (χ3v) is 8.64. The minimum absolute atomic E-state index is 0.246. The van der Waals surface area contributed by atoms with Gasteiger partial charge in [-0.15, -0.1) is 0 Å². The number of hydrogen-bond donors (Lipinski definition) is 4. The van der Waals surface area contributed by atoms with Gasteiger partial charge >= 0.3 is 0 Å². The average Bonchev–Trinajstić information content (AvgIpc) is 3.08. The lowest BCUT2D eigenvalue weighted by molar-refractivity contribution is 0.0981. The highest BCUT2D eigenvalue weighted by Gasteiger charge is 2.38. The summed E-state index contributed by atoms with van der Waals surface area (Å²) in [6, 6.07) is 39.3. The summed E-state index contributed by atoms with van der Waals surface area (Å²) in [5.74, 6) is -0.493. The van der Waals surface area contributed by atoms with Crippen LogP contribution in [0.4, 0.5) is 45.5 Å². The van der Waals surface area contributed by atoms with E-state index in [0.717, 1.165) is 45.0 Å². The molecule has 236 valence electrons. The highest BCUT2D eigenvalue weighted by Crippen LogP contribution is 2.44. The van der Waals surface area contributed by atoms with E-state index >= 15 is 0 Å². The number of anilines is 8. The predicted octanol–water partition coefficient (Wildman–Crippen LogP) is 10.7. The van der Waals surface area contributed by atoms with Crippen LogP contribution in [0.2, 0.25) is 0 Å². The molecule has 1 aliphatic rings. The molecule has 6 aromatic carbocycles. The largest absolute Gasteiger partial charge is 0.355 e. The molecule has 0 saturated carbocycles. The van der Waals surface area contributed by atoms with Crippen LogP contribution in [0, 0.1) is 27.7 Å². The maximum atomic E-state index is 15.0. The Bertz CT molecular complexity index is 1860. The van der Waals surface area contributed by atoms with E-state index in [9.17, 15) is 9.59 Å². The lowest BCUT2D eigenvalue weighted by Crippen LogP contribution is -2.25. The molecule has 6 heteroatoms. The van der Waals surface area contributed by atoms with Gasteiger partial charge in [0.15, 0.2) is 11.6 Å². The minimum atomic E-state index is -0.246. The van der Waals surface area contributed by atoms with Gasteiger partial charge in [-0.1, -0.05) is 70.8 Å². The number of rotatable bonds is 8. The molecule has 0 radical (unpaired) electrons. The van der Waals surface area contributed by atoms with Crippen molar-refractivity contribution >= 4 is 57.1 Å². The maximum absolute atomic E-state index is 15.0. The monoisotopic (exact) mass is 628 g/mol. The summed E-state index contributed by atoms with van der Waals surface area (Å²) >= 11 is 0. The van der Waals surface area contributed by atoms with Crippen LogP contribution in [0.5, 0.6) is 0 Å². The average molecular weight is 629 g/mol. The van der Waals surface area contributed by atoms with Crippen LogP contribution in [0.15, 0.2) is 121 Å². The van der Waals surface area contributed by atoms with Crippen molar-refractivity contribution in [3.8, 4) is 0 Å². The van der Waals surface area contributed by atoms with Gasteiger partial charge in [0.2, 0.25) is 0 Å². The second-order valence-corrected chi connectivity index (χ2v) is 12.4. The Morgan fingerprint density at radius 2 is 0.479 bits per heavy atom. The van der Waals surface area contributed by atoms with Crippen LogP contribution in [-0.2, 0) is 0 Å². The normalized spacial score (nSPS) is 11.8. The van der Waals surface area contributed by atoms with Crippen molar-refractivity contribution in [3.63, 3.8) is 0 Å². The van der Waals surface area contributed by atoms with Crippen LogP contribution >= 0.6 is 0 Å². The maximum Gasteiger partial charge on any atom is 0.198 e. The van der Waals surface area contributed by atoms with E-state index < -0.39 is 0 Å². The van der Waals surface area contributed by atoms with Crippen LogP contribution in [0.3, 0.4) is 0 Å². The summed E-state index contributed by atoms with van der Waals surface area (Å²) in [4.78, 5) is 30.0. The van der Waals surface area contributed by atoms with Gasteiger partial charge in [-0.05, 0) is 100 Å². The van der Waals surface area contributed by atoms with Gasteiger partial charge < -0.3 is 21.3 Å². The van der Waals surface area contributed by atoms with E-state index in [1.54, 1.807) is 0 Å². The summed E-state index contributed by atoms with van der Waals surface area (Å²) in [6.45, 7) is 8.12. The first-order chi connectivity index (χ1) is 23.2. The van der Waals surface area contributed by atoms with E-state index in [1.165, 1.54) is 0 Å². The van der Waals surface area contributed by atoms with Gasteiger partial charge in [-0.2, -0.15) is 0 Å². The second-order valence-electron chi connectivity index (χ2n) is 12.4. The number of aryl methyl sites for hydroxylation is 4. The van der Waals surface area contributed by atoms with Crippen molar-refractivity contribution in [1.29, 1.82) is 0 Å². The van der Waals surface area contributed by atoms with Gasteiger partial charge in [-0.3, -0.25) is 9.59 Å². The van der Waals surface area contributed by atoms with Crippen LogP contribution < -0.4 is 21.3 Å². The Labute approximate surface area is 280 Å². The van der Waals surface area contributed by atoms with Crippen molar-refractivity contribution in [2.45, 2.75) is 27.7 Å². The third kappa shape index (κ3) is 6.04.